The number of hydrogen-bond donors (Lipinski definition) is 3. The molecule has 6 nitrogen and oxygen atoms in total. The summed E-state index contributed by atoms with van der Waals surface area (Å²) in [6, 6.07) is 0. The van der Waals surface area contributed by atoms with Gasteiger partial charge in [0.2, 0.25) is 0 Å². The summed E-state index contributed by atoms with van der Waals surface area (Å²) in [6.07, 6.45) is 1.63. The summed E-state index contributed by atoms with van der Waals surface area (Å²) in [5, 5.41) is 27.7. The van der Waals surface area contributed by atoms with Crippen molar-refractivity contribution in [2.24, 2.45) is 11.8 Å². The first kappa shape index (κ1) is 11.9. The molecule has 1 aliphatic rings. The zero-order valence-corrected chi connectivity index (χ0v) is 8.30. The number of hydroxylamine groups is 2. The first-order valence-corrected chi connectivity index (χ1v) is 4.90. The number of hydrogen-bond acceptors (Lipinski definition) is 4. The van der Waals surface area contributed by atoms with Crippen molar-refractivity contribution in [3.05, 3.63) is 0 Å². The zero-order valence-electron chi connectivity index (χ0n) is 8.30. The molecule has 1 heterocycles. The SMILES string of the molecule is O=C(O)C(CC1CCCN(O)C1)C(=O)O. The van der Waals surface area contributed by atoms with Crippen molar-refractivity contribution in [2.45, 2.75) is 19.3 Å². The van der Waals surface area contributed by atoms with Crippen LogP contribution in [0.3, 0.4) is 0 Å². The van der Waals surface area contributed by atoms with Gasteiger partial charge < -0.3 is 15.4 Å². The highest BCUT2D eigenvalue weighted by Crippen LogP contribution is 2.22. The van der Waals surface area contributed by atoms with E-state index >= 15 is 0 Å². The fraction of sp³-hybridized carbons (Fsp3) is 0.778. The fourth-order valence-corrected chi connectivity index (χ4v) is 1.88. The van der Waals surface area contributed by atoms with Crippen LogP contribution in [0.15, 0.2) is 0 Å². The molecule has 86 valence electrons. The first-order chi connectivity index (χ1) is 7.00. The van der Waals surface area contributed by atoms with Crippen LogP contribution in [-0.2, 0) is 9.59 Å². The maximum absolute atomic E-state index is 10.6. The lowest BCUT2D eigenvalue weighted by molar-refractivity contribution is -0.157. The van der Waals surface area contributed by atoms with Crippen molar-refractivity contribution in [1.82, 2.24) is 5.06 Å². The molecule has 0 aliphatic carbocycles. The van der Waals surface area contributed by atoms with Crippen LogP contribution >= 0.6 is 0 Å². The minimum Gasteiger partial charge on any atom is -0.481 e. The van der Waals surface area contributed by atoms with Crippen molar-refractivity contribution in [1.29, 1.82) is 0 Å². The van der Waals surface area contributed by atoms with E-state index in [0.717, 1.165) is 17.9 Å². The predicted octanol–water partition coefficient (Wildman–Crippen LogP) is 0.263. The quantitative estimate of drug-likeness (QED) is 0.584. The van der Waals surface area contributed by atoms with Gasteiger partial charge in [0.15, 0.2) is 5.92 Å². The molecule has 1 fully saturated rings. The monoisotopic (exact) mass is 217 g/mol. The van der Waals surface area contributed by atoms with Gasteiger partial charge in [-0.15, -0.1) is 0 Å². The molecule has 1 saturated heterocycles. The smallest absolute Gasteiger partial charge is 0.317 e. The Bertz CT molecular complexity index is 241. The highest BCUT2D eigenvalue weighted by molar-refractivity contribution is 5.92. The van der Waals surface area contributed by atoms with E-state index in [1.54, 1.807) is 0 Å². The normalized spacial score (nSPS) is 22.9. The van der Waals surface area contributed by atoms with Gasteiger partial charge >= 0.3 is 11.9 Å². The molecule has 15 heavy (non-hydrogen) atoms. The van der Waals surface area contributed by atoms with Crippen LogP contribution in [0, 0.1) is 11.8 Å². The summed E-state index contributed by atoms with van der Waals surface area (Å²) in [4.78, 5) is 21.3. The van der Waals surface area contributed by atoms with E-state index in [2.05, 4.69) is 0 Å². The molecule has 1 unspecified atom stereocenters. The van der Waals surface area contributed by atoms with Crippen molar-refractivity contribution in [2.75, 3.05) is 13.1 Å². The van der Waals surface area contributed by atoms with Crippen LogP contribution in [0.25, 0.3) is 0 Å². The molecule has 3 N–H and O–H groups in total. The van der Waals surface area contributed by atoms with E-state index in [9.17, 15) is 14.8 Å². The Morgan fingerprint density at radius 3 is 2.40 bits per heavy atom. The molecular weight excluding hydrogens is 202 g/mol. The van der Waals surface area contributed by atoms with Gasteiger partial charge in [0.1, 0.15) is 0 Å². The molecule has 0 spiro atoms. The van der Waals surface area contributed by atoms with Crippen molar-refractivity contribution in [3.8, 4) is 0 Å². The van der Waals surface area contributed by atoms with Crippen LogP contribution in [0.1, 0.15) is 19.3 Å². The topological polar surface area (TPSA) is 98.1 Å². The summed E-state index contributed by atoms with van der Waals surface area (Å²) in [6.45, 7) is 0.929. The molecule has 0 saturated carbocycles. The molecule has 1 atom stereocenters. The van der Waals surface area contributed by atoms with Crippen molar-refractivity contribution in [3.63, 3.8) is 0 Å². The van der Waals surface area contributed by atoms with E-state index in [-0.39, 0.29) is 12.3 Å². The number of rotatable bonds is 4. The maximum atomic E-state index is 10.6. The minimum atomic E-state index is -1.36. The molecule has 1 aliphatic heterocycles. The third-order valence-electron chi connectivity index (χ3n) is 2.66. The Hall–Kier alpha value is -1.14. The van der Waals surface area contributed by atoms with E-state index in [4.69, 9.17) is 10.2 Å². The van der Waals surface area contributed by atoms with E-state index in [0.29, 0.717) is 13.1 Å². The molecule has 6 heteroatoms. The van der Waals surface area contributed by atoms with Crippen LogP contribution in [0.2, 0.25) is 0 Å². The molecular formula is C9H15NO5. The van der Waals surface area contributed by atoms with Crippen molar-refractivity contribution >= 4 is 11.9 Å². The van der Waals surface area contributed by atoms with Gasteiger partial charge in [0, 0.05) is 13.1 Å². The van der Waals surface area contributed by atoms with E-state index in [1.807, 2.05) is 0 Å². The highest BCUT2D eigenvalue weighted by atomic mass is 16.5. The Morgan fingerprint density at radius 1 is 1.33 bits per heavy atom. The van der Waals surface area contributed by atoms with Crippen LogP contribution in [0.4, 0.5) is 0 Å². The third-order valence-corrected chi connectivity index (χ3v) is 2.66. The Kier molecular flexibility index (Phi) is 4.05. The second-order valence-corrected chi connectivity index (χ2v) is 3.89. The van der Waals surface area contributed by atoms with Gasteiger partial charge in [-0.1, -0.05) is 0 Å². The van der Waals surface area contributed by atoms with Crippen LogP contribution in [0.5, 0.6) is 0 Å². The average molecular weight is 217 g/mol. The van der Waals surface area contributed by atoms with E-state index in [1.165, 1.54) is 0 Å². The van der Waals surface area contributed by atoms with Gasteiger partial charge in [-0.05, 0) is 25.2 Å². The van der Waals surface area contributed by atoms with Gasteiger partial charge in [-0.2, -0.15) is 5.06 Å². The standard InChI is InChI=1S/C9H15NO5/c11-8(12)7(9(13)14)4-6-2-1-3-10(15)5-6/h6-7,15H,1-5H2,(H,11,12)(H,13,14). The summed E-state index contributed by atoms with van der Waals surface area (Å²) >= 11 is 0. The lowest BCUT2D eigenvalue weighted by Gasteiger charge is -2.28. The lowest BCUT2D eigenvalue weighted by Crippen LogP contribution is -2.36. The molecule has 0 aromatic heterocycles. The average Bonchev–Trinajstić information content (AvgIpc) is 2.13. The largest absolute Gasteiger partial charge is 0.481 e. The Morgan fingerprint density at radius 2 is 1.93 bits per heavy atom. The molecule has 0 bridgehead atoms. The molecule has 0 radical (unpaired) electrons. The second kappa shape index (κ2) is 5.09. The lowest BCUT2D eigenvalue weighted by atomic mass is 9.89. The number of aliphatic carboxylic acids is 2. The summed E-state index contributed by atoms with van der Waals surface area (Å²) in [7, 11) is 0. The van der Waals surface area contributed by atoms with Crippen molar-refractivity contribution < 1.29 is 25.0 Å². The van der Waals surface area contributed by atoms with Gasteiger partial charge in [-0.25, -0.2) is 0 Å². The minimum absolute atomic E-state index is 0.0547. The second-order valence-electron chi connectivity index (χ2n) is 3.89. The number of carboxylic acid groups (broad SMARTS) is 2. The molecule has 0 amide bonds. The molecule has 0 aromatic carbocycles. The van der Waals surface area contributed by atoms with Crippen LogP contribution in [-0.4, -0.2) is 45.5 Å². The Balaban J connectivity index is 2.50. The van der Waals surface area contributed by atoms with Gasteiger partial charge in [-0.3, -0.25) is 9.59 Å². The predicted molar refractivity (Wildman–Crippen MR) is 49.5 cm³/mol. The fourth-order valence-electron chi connectivity index (χ4n) is 1.88. The number of piperidine rings is 1. The highest BCUT2D eigenvalue weighted by Gasteiger charge is 2.31. The Labute approximate surface area is 87.1 Å². The first-order valence-electron chi connectivity index (χ1n) is 4.90. The number of carbonyl (C=O) groups is 2. The third kappa shape index (κ3) is 3.49. The van der Waals surface area contributed by atoms with E-state index < -0.39 is 17.9 Å². The summed E-state index contributed by atoms with van der Waals surface area (Å²) < 4.78 is 0. The van der Waals surface area contributed by atoms with Gasteiger partial charge in [0.05, 0.1) is 0 Å². The van der Waals surface area contributed by atoms with Gasteiger partial charge in [0.25, 0.3) is 0 Å². The molecule has 1 rings (SSSR count). The summed E-state index contributed by atoms with van der Waals surface area (Å²) in [5.41, 5.74) is 0. The maximum Gasteiger partial charge on any atom is 0.317 e. The number of carboxylic acids is 2. The molecule has 0 aromatic rings. The zero-order chi connectivity index (χ0) is 11.4. The summed E-state index contributed by atoms with van der Waals surface area (Å²) in [5.74, 6) is -4.03. The number of nitrogens with zero attached hydrogens (tertiary/aromatic N) is 1. The van der Waals surface area contributed by atoms with Crippen LogP contribution < -0.4 is 0 Å².